The maximum atomic E-state index is 5.54. The minimum absolute atomic E-state index is 0.0648. The summed E-state index contributed by atoms with van der Waals surface area (Å²) < 4.78 is 11.1. The molecular weight excluding hydrogens is 163 g/mol. The molecule has 0 aromatic carbocycles. The molecule has 1 aliphatic rings. The molecule has 13 heavy (non-hydrogen) atoms. The second-order valence-electron chi connectivity index (χ2n) is 4.11. The molecule has 74 valence electrons. The second kappa shape index (κ2) is 4.17. The molecule has 1 fully saturated rings. The van der Waals surface area contributed by atoms with E-state index in [1.807, 2.05) is 6.82 Å². The molecule has 0 unspecified atom stereocenters. The van der Waals surface area contributed by atoms with Crippen LogP contribution in [0.5, 0.6) is 0 Å². The van der Waals surface area contributed by atoms with Crippen molar-refractivity contribution in [3.63, 3.8) is 0 Å². The summed E-state index contributed by atoms with van der Waals surface area (Å²) in [5.41, 5.74) is -0.321. The van der Waals surface area contributed by atoms with Crippen molar-refractivity contribution in [2.24, 2.45) is 0 Å². The highest BCUT2D eigenvalue weighted by molar-refractivity contribution is 6.43. The Morgan fingerprint density at radius 3 is 1.38 bits per heavy atom. The van der Waals surface area contributed by atoms with Gasteiger partial charge >= 0.3 is 7.12 Å². The van der Waals surface area contributed by atoms with E-state index in [0.717, 1.165) is 0 Å². The third kappa shape index (κ3) is 3.06. The van der Waals surface area contributed by atoms with Gasteiger partial charge in [0.25, 0.3) is 0 Å². The molecule has 0 N–H and O–H groups in total. The Morgan fingerprint density at radius 2 is 1.31 bits per heavy atom. The smallest absolute Gasteiger partial charge is 0.403 e. The molecule has 0 aromatic heterocycles. The van der Waals surface area contributed by atoms with Crippen molar-refractivity contribution in [1.82, 2.24) is 0 Å². The standard InChI is InChI=1S/C7H15BO2.C3H4/c1-6(2)7(3,4)10-8(5)9-6;1-3-2/h1-5H3;1H,2H3. The third-order valence-electron chi connectivity index (χ3n) is 2.37. The molecule has 2 nitrogen and oxygen atoms in total. The van der Waals surface area contributed by atoms with Gasteiger partial charge in [-0.15, -0.1) is 12.3 Å². The van der Waals surface area contributed by atoms with Gasteiger partial charge in [0.15, 0.2) is 0 Å². The highest BCUT2D eigenvalue weighted by Gasteiger charge is 2.48. The van der Waals surface area contributed by atoms with Crippen molar-refractivity contribution >= 4 is 7.12 Å². The SMILES string of the molecule is C#CC.CB1OC(C)(C)C(C)(C)O1. The van der Waals surface area contributed by atoms with Crippen LogP contribution in [0.1, 0.15) is 34.6 Å². The van der Waals surface area contributed by atoms with E-state index in [0.29, 0.717) is 0 Å². The largest absolute Gasteiger partial charge is 0.454 e. The van der Waals surface area contributed by atoms with Crippen LogP contribution in [0.25, 0.3) is 0 Å². The summed E-state index contributed by atoms with van der Waals surface area (Å²) in [4.78, 5) is 0. The Morgan fingerprint density at radius 1 is 1.08 bits per heavy atom. The molecule has 0 aliphatic carbocycles. The molecule has 0 saturated carbocycles. The van der Waals surface area contributed by atoms with Crippen LogP contribution in [-0.4, -0.2) is 18.3 Å². The average Bonchev–Trinajstić information content (AvgIpc) is 2.00. The molecule has 0 atom stereocenters. The Kier molecular flexibility index (Phi) is 4.02. The Balaban J connectivity index is 0.000000424. The van der Waals surface area contributed by atoms with Gasteiger partial charge in [-0.05, 0) is 41.4 Å². The summed E-state index contributed by atoms with van der Waals surface area (Å²) in [6.07, 6.45) is 4.60. The van der Waals surface area contributed by atoms with E-state index in [2.05, 4.69) is 40.0 Å². The van der Waals surface area contributed by atoms with E-state index in [-0.39, 0.29) is 18.3 Å². The van der Waals surface area contributed by atoms with Crippen LogP contribution in [0.2, 0.25) is 6.82 Å². The van der Waals surface area contributed by atoms with Crippen molar-refractivity contribution < 1.29 is 9.31 Å². The van der Waals surface area contributed by atoms with Crippen molar-refractivity contribution in [3.8, 4) is 12.3 Å². The van der Waals surface area contributed by atoms with Gasteiger partial charge in [-0.1, -0.05) is 0 Å². The van der Waals surface area contributed by atoms with Crippen LogP contribution in [0.15, 0.2) is 0 Å². The van der Waals surface area contributed by atoms with Gasteiger partial charge in [0, 0.05) is 0 Å². The summed E-state index contributed by atoms with van der Waals surface area (Å²) in [7, 11) is -0.0648. The van der Waals surface area contributed by atoms with Crippen LogP contribution < -0.4 is 0 Å². The summed E-state index contributed by atoms with van der Waals surface area (Å²) in [6, 6.07) is 0. The number of hydrogen-bond acceptors (Lipinski definition) is 2. The maximum Gasteiger partial charge on any atom is 0.454 e. The van der Waals surface area contributed by atoms with Crippen LogP contribution in [0.4, 0.5) is 0 Å². The van der Waals surface area contributed by atoms with Crippen LogP contribution in [0.3, 0.4) is 0 Å². The van der Waals surface area contributed by atoms with Crippen molar-refractivity contribution in [2.45, 2.75) is 52.6 Å². The van der Waals surface area contributed by atoms with Gasteiger partial charge < -0.3 is 9.31 Å². The molecule has 0 radical (unpaired) electrons. The van der Waals surface area contributed by atoms with E-state index in [1.54, 1.807) is 6.92 Å². The number of rotatable bonds is 0. The summed E-state index contributed by atoms with van der Waals surface area (Å²) in [5, 5.41) is 0. The highest BCUT2D eigenvalue weighted by atomic mass is 16.7. The molecule has 3 heteroatoms. The highest BCUT2D eigenvalue weighted by Crippen LogP contribution is 2.36. The zero-order chi connectivity index (χ0) is 10.7. The fourth-order valence-corrected chi connectivity index (χ4v) is 1.14. The first-order chi connectivity index (χ1) is 5.77. The molecule has 1 rings (SSSR count). The van der Waals surface area contributed by atoms with Gasteiger partial charge in [-0.25, -0.2) is 0 Å². The predicted molar refractivity (Wildman–Crippen MR) is 56.5 cm³/mol. The molecule has 1 heterocycles. The average molecular weight is 182 g/mol. The number of hydrogen-bond donors (Lipinski definition) is 0. The van der Waals surface area contributed by atoms with Gasteiger partial charge in [-0.2, -0.15) is 0 Å². The predicted octanol–water partition coefficient (Wildman–Crippen LogP) is 2.35. The lowest BCUT2D eigenvalue weighted by Crippen LogP contribution is -2.41. The lowest BCUT2D eigenvalue weighted by molar-refractivity contribution is 0.00578. The monoisotopic (exact) mass is 182 g/mol. The molecule has 1 aliphatic heterocycles. The lowest BCUT2D eigenvalue weighted by atomic mass is 9.90. The van der Waals surface area contributed by atoms with E-state index >= 15 is 0 Å². The molecule has 0 spiro atoms. The number of terminal acetylenes is 1. The Hall–Kier alpha value is -0.455. The van der Waals surface area contributed by atoms with Crippen LogP contribution in [0, 0.1) is 12.3 Å². The Labute approximate surface area is 82.1 Å². The molecule has 0 bridgehead atoms. The Bertz CT molecular complexity index is 187. The van der Waals surface area contributed by atoms with E-state index in [1.165, 1.54) is 0 Å². The van der Waals surface area contributed by atoms with Crippen molar-refractivity contribution in [1.29, 1.82) is 0 Å². The molecule has 0 amide bonds. The van der Waals surface area contributed by atoms with Gasteiger partial charge in [-0.3, -0.25) is 0 Å². The van der Waals surface area contributed by atoms with Crippen LogP contribution in [-0.2, 0) is 9.31 Å². The molecule has 1 saturated heterocycles. The first kappa shape index (κ1) is 12.5. The third-order valence-corrected chi connectivity index (χ3v) is 2.37. The first-order valence-electron chi connectivity index (χ1n) is 4.50. The maximum absolute atomic E-state index is 5.54. The normalized spacial score (nSPS) is 23.0. The minimum atomic E-state index is -0.160. The summed E-state index contributed by atoms with van der Waals surface area (Å²) in [5.74, 6) is 2.25. The second-order valence-corrected chi connectivity index (χ2v) is 4.11. The topological polar surface area (TPSA) is 18.5 Å². The zero-order valence-electron chi connectivity index (χ0n) is 9.47. The summed E-state index contributed by atoms with van der Waals surface area (Å²) >= 11 is 0. The van der Waals surface area contributed by atoms with Crippen molar-refractivity contribution in [2.75, 3.05) is 0 Å². The minimum Gasteiger partial charge on any atom is -0.403 e. The zero-order valence-corrected chi connectivity index (χ0v) is 9.47. The van der Waals surface area contributed by atoms with Gasteiger partial charge in [0.2, 0.25) is 0 Å². The van der Waals surface area contributed by atoms with Gasteiger partial charge in [0.1, 0.15) is 0 Å². The van der Waals surface area contributed by atoms with Crippen LogP contribution >= 0.6 is 0 Å². The quantitative estimate of drug-likeness (QED) is 0.422. The molecular formula is C10H19BO2. The lowest BCUT2D eigenvalue weighted by Gasteiger charge is -2.32. The van der Waals surface area contributed by atoms with Gasteiger partial charge in [0.05, 0.1) is 11.2 Å². The van der Waals surface area contributed by atoms with E-state index in [9.17, 15) is 0 Å². The van der Waals surface area contributed by atoms with E-state index in [4.69, 9.17) is 9.31 Å². The van der Waals surface area contributed by atoms with E-state index < -0.39 is 0 Å². The van der Waals surface area contributed by atoms with Crippen molar-refractivity contribution in [3.05, 3.63) is 0 Å². The summed E-state index contributed by atoms with van der Waals surface area (Å²) in [6.45, 7) is 11.8. The first-order valence-corrected chi connectivity index (χ1v) is 4.50. The fourth-order valence-electron chi connectivity index (χ4n) is 1.14. The fraction of sp³-hybridized carbons (Fsp3) is 0.800. The molecule has 0 aromatic rings.